The summed E-state index contributed by atoms with van der Waals surface area (Å²) in [5.74, 6) is 0.452. The molecule has 2 aromatic carbocycles. The zero-order valence-corrected chi connectivity index (χ0v) is 12.6. The van der Waals surface area contributed by atoms with Crippen LogP contribution in [0.25, 0.3) is 11.1 Å². The number of halogens is 3. The second kappa shape index (κ2) is 5.77. The molecule has 0 saturated carbocycles. The van der Waals surface area contributed by atoms with Crippen LogP contribution in [0.15, 0.2) is 42.5 Å². The fraction of sp³-hybridized carbons (Fsp3) is 0.294. The van der Waals surface area contributed by atoms with E-state index in [2.05, 4.69) is 0 Å². The number of alkyl halides is 3. The van der Waals surface area contributed by atoms with E-state index in [0.29, 0.717) is 24.4 Å². The fourth-order valence-electron chi connectivity index (χ4n) is 2.86. The van der Waals surface area contributed by atoms with Crippen LogP contribution >= 0.6 is 0 Å². The summed E-state index contributed by atoms with van der Waals surface area (Å²) in [7, 11) is 1.88. The number of ether oxygens (including phenoxy) is 1. The quantitative estimate of drug-likeness (QED) is 0.919. The van der Waals surface area contributed by atoms with E-state index in [9.17, 15) is 13.2 Å². The Balaban J connectivity index is 2.18. The molecule has 3 nitrogen and oxygen atoms in total. The molecule has 1 atom stereocenters. The maximum absolute atomic E-state index is 13.3. The molecule has 122 valence electrons. The van der Waals surface area contributed by atoms with Gasteiger partial charge in [0.1, 0.15) is 6.10 Å². The lowest BCUT2D eigenvalue weighted by Crippen LogP contribution is -2.42. The third-order valence-electron chi connectivity index (χ3n) is 3.95. The first-order valence-electron chi connectivity index (χ1n) is 7.29. The smallest absolute Gasteiger partial charge is 0.417 e. The van der Waals surface area contributed by atoms with Crippen molar-refractivity contribution in [1.82, 2.24) is 0 Å². The van der Waals surface area contributed by atoms with Crippen molar-refractivity contribution in [3.05, 3.63) is 48.0 Å². The van der Waals surface area contributed by atoms with Gasteiger partial charge in [-0.3, -0.25) is 0 Å². The summed E-state index contributed by atoms with van der Waals surface area (Å²) in [4.78, 5) is 1.95. The van der Waals surface area contributed by atoms with E-state index in [0.717, 1.165) is 11.8 Å². The maximum Gasteiger partial charge on any atom is 0.417 e. The van der Waals surface area contributed by atoms with Crippen LogP contribution in [0, 0.1) is 0 Å². The average Bonchev–Trinajstić information content (AvgIpc) is 2.53. The molecule has 0 bridgehead atoms. The highest BCUT2D eigenvalue weighted by Crippen LogP contribution is 2.45. The molecule has 2 aromatic rings. The minimum Gasteiger partial charge on any atom is -0.484 e. The minimum absolute atomic E-state index is 0.114. The summed E-state index contributed by atoms with van der Waals surface area (Å²) >= 11 is 0. The normalized spacial score (nSPS) is 17.6. The summed E-state index contributed by atoms with van der Waals surface area (Å²) in [6.45, 7) is 0.910. The number of anilines is 1. The van der Waals surface area contributed by atoms with Gasteiger partial charge in [0.05, 0.1) is 17.8 Å². The molecule has 1 unspecified atom stereocenters. The van der Waals surface area contributed by atoms with Gasteiger partial charge >= 0.3 is 6.18 Å². The molecule has 2 N–H and O–H groups in total. The molecule has 0 saturated heterocycles. The lowest BCUT2D eigenvalue weighted by Gasteiger charge is -2.34. The van der Waals surface area contributed by atoms with E-state index >= 15 is 0 Å². The lowest BCUT2D eigenvalue weighted by atomic mass is 9.97. The predicted molar refractivity (Wildman–Crippen MR) is 83.6 cm³/mol. The van der Waals surface area contributed by atoms with Gasteiger partial charge in [0.2, 0.25) is 0 Å². The second-order valence-electron chi connectivity index (χ2n) is 5.55. The molecule has 0 aromatic heterocycles. The molecule has 1 aliphatic heterocycles. The number of hydrogen-bond donors (Lipinski definition) is 1. The highest BCUT2D eigenvalue weighted by molar-refractivity contribution is 5.81. The summed E-state index contributed by atoms with van der Waals surface area (Å²) in [6, 6.07) is 10.8. The summed E-state index contributed by atoms with van der Waals surface area (Å²) in [6.07, 6.45) is -4.67. The van der Waals surface area contributed by atoms with Crippen LogP contribution in [0.1, 0.15) is 5.56 Å². The van der Waals surface area contributed by atoms with Gasteiger partial charge in [0.15, 0.2) is 5.75 Å². The first kappa shape index (κ1) is 15.7. The number of benzene rings is 2. The largest absolute Gasteiger partial charge is 0.484 e. The lowest BCUT2D eigenvalue weighted by molar-refractivity contribution is -0.137. The van der Waals surface area contributed by atoms with E-state index in [1.54, 1.807) is 18.2 Å². The van der Waals surface area contributed by atoms with Crippen molar-refractivity contribution in [1.29, 1.82) is 0 Å². The predicted octanol–water partition coefficient (Wildman–Crippen LogP) is 3.53. The number of fused-ring (bicyclic) bond motifs is 1. The van der Waals surface area contributed by atoms with Gasteiger partial charge in [-0.1, -0.05) is 30.3 Å². The third kappa shape index (κ3) is 2.86. The second-order valence-corrected chi connectivity index (χ2v) is 5.55. The Labute approximate surface area is 132 Å². The van der Waals surface area contributed by atoms with Gasteiger partial charge in [0, 0.05) is 19.2 Å². The van der Waals surface area contributed by atoms with Crippen molar-refractivity contribution in [2.75, 3.05) is 25.0 Å². The Kier molecular flexibility index (Phi) is 3.93. The minimum atomic E-state index is -4.42. The summed E-state index contributed by atoms with van der Waals surface area (Å²) in [5.41, 5.74) is 6.32. The number of likely N-dealkylation sites (N-methyl/N-ethyl adjacent to an activating group) is 1. The zero-order chi connectivity index (χ0) is 16.6. The monoisotopic (exact) mass is 322 g/mol. The Morgan fingerprint density at radius 1 is 1.13 bits per heavy atom. The molecule has 0 radical (unpaired) electrons. The molecule has 23 heavy (non-hydrogen) atoms. The van der Waals surface area contributed by atoms with Crippen molar-refractivity contribution in [3.63, 3.8) is 0 Å². The maximum atomic E-state index is 13.3. The van der Waals surface area contributed by atoms with Gasteiger partial charge in [-0.2, -0.15) is 13.2 Å². The molecule has 0 aliphatic carbocycles. The topological polar surface area (TPSA) is 38.5 Å². The summed E-state index contributed by atoms with van der Waals surface area (Å²) in [5, 5.41) is 0. The standard InChI is InChI=1S/C17H17F3N2O/c1-22-10-11(9-21)23-16-13(6-4-8-15(16)22)12-5-2-3-7-14(12)17(18,19)20/h2-8,11H,9-10,21H2,1H3. The molecule has 3 rings (SSSR count). The summed E-state index contributed by atoms with van der Waals surface area (Å²) < 4.78 is 45.8. The first-order valence-corrected chi connectivity index (χ1v) is 7.29. The van der Waals surface area contributed by atoms with Gasteiger partial charge < -0.3 is 15.4 Å². The molecule has 0 fully saturated rings. The molecule has 1 heterocycles. The zero-order valence-electron chi connectivity index (χ0n) is 12.6. The molecule has 6 heteroatoms. The molecule has 0 amide bonds. The van der Waals surface area contributed by atoms with Gasteiger partial charge in [0.25, 0.3) is 0 Å². The SMILES string of the molecule is CN1CC(CN)Oc2c(-c3ccccc3C(F)(F)F)cccc21. The van der Waals surface area contributed by atoms with Crippen LogP contribution in [-0.4, -0.2) is 26.2 Å². The van der Waals surface area contributed by atoms with Crippen molar-refractivity contribution < 1.29 is 17.9 Å². The Morgan fingerprint density at radius 2 is 1.83 bits per heavy atom. The van der Waals surface area contributed by atoms with Crippen LogP contribution in [0.4, 0.5) is 18.9 Å². The van der Waals surface area contributed by atoms with Crippen molar-refractivity contribution in [3.8, 4) is 16.9 Å². The highest BCUT2D eigenvalue weighted by Gasteiger charge is 2.35. The van der Waals surface area contributed by atoms with E-state index < -0.39 is 11.7 Å². The third-order valence-corrected chi connectivity index (χ3v) is 3.95. The van der Waals surface area contributed by atoms with E-state index in [1.807, 2.05) is 18.0 Å². The molecule has 0 spiro atoms. The van der Waals surface area contributed by atoms with Crippen LogP contribution in [0.3, 0.4) is 0 Å². The first-order chi connectivity index (χ1) is 10.9. The number of hydrogen-bond acceptors (Lipinski definition) is 3. The highest BCUT2D eigenvalue weighted by atomic mass is 19.4. The van der Waals surface area contributed by atoms with Crippen LogP contribution in [0.5, 0.6) is 5.75 Å². The molecule has 1 aliphatic rings. The van der Waals surface area contributed by atoms with Crippen LogP contribution in [0.2, 0.25) is 0 Å². The van der Waals surface area contributed by atoms with Gasteiger partial charge in [-0.15, -0.1) is 0 Å². The Bertz CT molecular complexity index is 715. The van der Waals surface area contributed by atoms with Crippen molar-refractivity contribution in [2.24, 2.45) is 5.73 Å². The van der Waals surface area contributed by atoms with Crippen molar-refractivity contribution in [2.45, 2.75) is 12.3 Å². The number of nitrogens with two attached hydrogens (primary N) is 1. The van der Waals surface area contributed by atoms with Crippen LogP contribution < -0.4 is 15.4 Å². The molecular weight excluding hydrogens is 305 g/mol. The number of nitrogens with zero attached hydrogens (tertiary/aromatic N) is 1. The Hall–Kier alpha value is -2.21. The van der Waals surface area contributed by atoms with Gasteiger partial charge in [-0.25, -0.2) is 0 Å². The average molecular weight is 322 g/mol. The molecular formula is C17H17F3N2O. The van der Waals surface area contributed by atoms with Gasteiger partial charge in [-0.05, 0) is 17.7 Å². The van der Waals surface area contributed by atoms with Crippen LogP contribution in [-0.2, 0) is 6.18 Å². The van der Waals surface area contributed by atoms with Crippen molar-refractivity contribution >= 4 is 5.69 Å². The Morgan fingerprint density at radius 3 is 2.52 bits per heavy atom. The number of rotatable bonds is 2. The van der Waals surface area contributed by atoms with E-state index in [1.165, 1.54) is 12.1 Å². The number of para-hydroxylation sites is 1. The van der Waals surface area contributed by atoms with E-state index in [-0.39, 0.29) is 11.7 Å². The fourth-order valence-corrected chi connectivity index (χ4v) is 2.86. The van der Waals surface area contributed by atoms with E-state index in [4.69, 9.17) is 10.5 Å².